The molecule has 0 unspecified atom stereocenters. The maximum atomic E-state index is 11.9. The zero-order chi connectivity index (χ0) is 12.4. The number of esters is 1. The number of methoxy groups -OCH3 is 2. The van der Waals surface area contributed by atoms with Gasteiger partial charge in [-0.25, -0.2) is 4.79 Å². The first-order valence-electron chi connectivity index (χ1n) is 5.96. The summed E-state index contributed by atoms with van der Waals surface area (Å²) in [5, 5.41) is 0. The van der Waals surface area contributed by atoms with Crippen LogP contribution in [-0.2, 0) is 17.6 Å². The topological polar surface area (TPSA) is 35.5 Å². The minimum Gasteiger partial charge on any atom is -0.496 e. The minimum absolute atomic E-state index is 0.292. The van der Waals surface area contributed by atoms with Crippen molar-refractivity contribution in [1.29, 1.82) is 0 Å². The van der Waals surface area contributed by atoms with Crippen LogP contribution in [0.15, 0.2) is 6.07 Å². The van der Waals surface area contributed by atoms with Gasteiger partial charge in [0.1, 0.15) is 11.3 Å². The van der Waals surface area contributed by atoms with Crippen LogP contribution in [-0.4, -0.2) is 20.2 Å². The second-order valence-corrected chi connectivity index (χ2v) is 4.43. The molecule has 3 nitrogen and oxygen atoms in total. The number of carbonyl (C=O) groups excluding carboxylic acids is 1. The van der Waals surface area contributed by atoms with Crippen molar-refractivity contribution in [3.8, 4) is 5.75 Å². The smallest absolute Gasteiger partial charge is 0.341 e. The first kappa shape index (κ1) is 12.0. The van der Waals surface area contributed by atoms with Crippen molar-refractivity contribution < 1.29 is 14.3 Å². The van der Waals surface area contributed by atoms with Gasteiger partial charge in [-0.1, -0.05) is 0 Å². The average molecular weight is 234 g/mol. The molecule has 0 spiro atoms. The van der Waals surface area contributed by atoms with Crippen molar-refractivity contribution >= 4 is 5.97 Å². The van der Waals surface area contributed by atoms with Gasteiger partial charge in [-0.15, -0.1) is 0 Å². The van der Waals surface area contributed by atoms with Crippen LogP contribution in [0.4, 0.5) is 0 Å². The van der Waals surface area contributed by atoms with Gasteiger partial charge in [-0.2, -0.15) is 0 Å². The summed E-state index contributed by atoms with van der Waals surface area (Å²) in [6, 6.07) is 1.94. The van der Waals surface area contributed by atoms with E-state index >= 15 is 0 Å². The number of carbonyl (C=O) groups is 1. The summed E-state index contributed by atoms with van der Waals surface area (Å²) in [7, 11) is 3.01. The zero-order valence-corrected chi connectivity index (χ0v) is 10.6. The Labute approximate surface area is 102 Å². The zero-order valence-electron chi connectivity index (χ0n) is 10.6. The molecule has 0 saturated heterocycles. The average Bonchev–Trinajstić information content (AvgIpc) is 2.37. The lowest BCUT2D eigenvalue weighted by molar-refractivity contribution is 0.0595. The van der Waals surface area contributed by atoms with Gasteiger partial charge in [0, 0.05) is 0 Å². The van der Waals surface area contributed by atoms with Crippen molar-refractivity contribution in [3.05, 3.63) is 28.3 Å². The van der Waals surface area contributed by atoms with Gasteiger partial charge in [-0.05, 0) is 55.4 Å². The van der Waals surface area contributed by atoms with E-state index in [1.807, 2.05) is 6.07 Å². The van der Waals surface area contributed by atoms with Gasteiger partial charge in [-0.3, -0.25) is 0 Å². The largest absolute Gasteiger partial charge is 0.496 e. The molecule has 0 heterocycles. The van der Waals surface area contributed by atoms with Crippen molar-refractivity contribution in [1.82, 2.24) is 0 Å². The van der Waals surface area contributed by atoms with E-state index in [1.165, 1.54) is 24.7 Å². The molecule has 1 aromatic rings. The molecule has 3 heteroatoms. The van der Waals surface area contributed by atoms with Gasteiger partial charge in [0.2, 0.25) is 0 Å². The molecule has 0 amide bonds. The van der Waals surface area contributed by atoms with Crippen LogP contribution in [0.25, 0.3) is 0 Å². The standard InChI is InChI=1S/C14H18O3/c1-9-8-12(16-2)13(14(15)17-3)11-7-5-4-6-10(9)11/h8H,4-7H2,1-3H3. The maximum absolute atomic E-state index is 11.9. The van der Waals surface area contributed by atoms with Crippen LogP contribution in [0, 0.1) is 6.92 Å². The summed E-state index contributed by atoms with van der Waals surface area (Å²) < 4.78 is 10.2. The summed E-state index contributed by atoms with van der Waals surface area (Å²) in [5.41, 5.74) is 4.26. The number of fused-ring (bicyclic) bond motifs is 1. The maximum Gasteiger partial charge on any atom is 0.341 e. The fraction of sp³-hybridized carbons (Fsp3) is 0.500. The molecule has 0 bridgehead atoms. The minimum atomic E-state index is -0.292. The van der Waals surface area contributed by atoms with Crippen LogP contribution in [0.2, 0.25) is 0 Å². The van der Waals surface area contributed by atoms with Crippen LogP contribution in [0.3, 0.4) is 0 Å². The molecule has 2 rings (SSSR count). The van der Waals surface area contributed by atoms with Crippen molar-refractivity contribution in [2.24, 2.45) is 0 Å². The SMILES string of the molecule is COC(=O)c1c(OC)cc(C)c2c1CCCC2. The van der Waals surface area contributed by atoms with E-state index in [0.29, 0.717) is 11.3 Å². The Kier molecular flexibility index (Phi) is 3.36. The molecule has 1 aliphatic rings. The summed E-state index contributed by atoms with van der Waals surface area (Å²) in [4.78, 5) is 11.9. The molecular weight excluding hydrogens is 216 g/mol. The van der Waals surface area contributed by atoms with Gasteiger partial charge in [0.15, 0.2) is 0 Å². The highest BCUT2D eigenvalue weighted by atomic mass is 16.5. The van der Waals surface area contributed by atoms with Crippen molar-refractivity contribution in [2.45, 2.75) is 32.6 Å². The first-order chi connectivity index (χ1) is 8.19. The molecule has 1 aromatic carbocycles. The normalized spacial score (nSPS) is 14.1. The summed E-state index contributed by atoms with van der Waals surface area (Å²) in [5.74, 6) is 0.343. The second-order valence-electron chi connectivity index (χ2n) is 4.43. The molecule has 0 atom stereocenters. The molecule has 0 aromatic heterocycles. The van der Waals surface area contributed by atoms with Crippen LogP contribution in [0.1, 0.15) is 39.9 Å². The lowest BCUT2D eigenvalue weighted by Crippen LogP contribution is -2.15. The Morgan fingerprint density at radius 2 is 1.82 bits per heavy atom. The highest BCUT2D eigenvalue weighted by Crippen LogP contribution is 2.34. The van der Waals surface area contributed by atoms with Gasteiger partial charge in [0.05, 0.1) is 14.2 Å². The summed E-state index contributed by atoms with van der Waals surface area (Å²) in [6.45, 7) is 2.08. The monoisotopic (exact) mass is 234 g/mol. The van der Waals surface area contributed by atoms with Crippen LogP contribution >= 0.6 is 0 Å². The Morgan fingerprint density at radius 1 is 1.18 bits per heavy atom. The van der Waals surface area contributed by atoms with E-state index in [2.05, 4.69) is 6.92 Å². The van der Waals surface area contributed by atoms with Crippen LogP contribution < -0.4 is 4.74 Å². The van der Waals surface area contributed by atoms with Gasteiger partial charge in [0.25, 0.3) is 0 Å². The van der Waals surface area contributed by atoms with E-state index in [-0.39, 0.29) is 5.97 Å². The molecule has 0 aliphatic heterocycles. The van der Waals surface area contributed by atoms with E-state index in [0.717, 1.165) is 24.8 Å². The number of aryl methyl sites for hydroxylation is 1. The lowest BCUT2D eigenvalue weighted by Gasteiger charge is -2.22. The predicted molar refractivity (Wildman–Crippen MR) is 65.7 cm³/mol. The fourth-order valence-electron chi connectivity index (χ4n) is 2.61. The second kappa shape index (κ2) is 4.78. The van der Waals surface area contributed by atoms with Crippen molar-refractivity contribution in [3.63, 3.8) is 0 Å². The Balaban J connectivity index is 2.64. The molecule has 17 heavy (non-hydrogen) atoms. The van der Waals surface area contributed by atoms with Crippen molar-refractivity contribution in [2.75, 3.05) is 14.2 Å². The quantitative estimate of drug-likeness (QED) is 0.738. The summed E-state index contributed by atoms with van der Waals surface area (Å²) >= 11 is 0. The third kappa shape index (κ3) is 2.02. The molecule has 0 saturated carbocycles. The van der Waals surface area contributed by atoms with Gasteiger partial charge >= 0.3 is 5.97 Å². The Hall–Kier alpha value is -1.51. The van der Waals surface area contributed by atoms with E-state index in [1.54, 1.807) is 7.11 Å². The highest BCUT2D eigenvalue weighted by molar-refractivity contribution is 5.95. The fourth-order valence-corrected chi connectivity index (χ4v) is 2.61. The third-order valence-corrected chi connectivity index (χ3v) is 3.45. The summed E-state index contributed by atoms with van der Waals surface area (Å²) in [6.07, 6.45) is 4.32. The number of rotatable bonds is 2. The van der Waals surface area contributed by atoms with E-state index in [4.69, 9.17) is 9.47 Å². The predicted octanol–water partition coefficient (Wildman–Crippen LogP) is 2.67. The van der Waals surface area contributed by atoms with E-state index in [9.17, 15) is 4.79 Å². The number of hydrogen-bond donors (Lipinski definition) is 0. The number of benzene rings is 1. The Morgan fingerprint density at radius 3 is 2.41 bits per heavy atom. The number of hydrogen-bond acceptors (Lipinski definition) is 3. The molecular formula is C14H18O3. The molecule has 0 fully saturated rings. The molecule has 0 N–H and O–H groups in total. The Bertz CT molecular complexity index is 449. The third-order valence-electron chi connectivity index (χ3n) is 3.45. The molecule has 92 valence electrons. The molecule has 1 aliphatic carbocycles. The molecule has 0 radical (unpaired) electrons. The van der Waals surface area contributed by atoms with Gasteiger partial charge < -0.3 is 9.47 Å². The highest BCUT2D eigenvalue weighted by Gasteiger charge is 2.24. The first-order valence-corrected chi connectivity index (χ1v) is 5.96. The van der Waals surface area contributed by atoms with Crippen LogP contribution in [0.5, 0.6) is 5.75 Å². The number of ether oxygens (including phenoxy) is 2. The van der Waals surface area contributed by atoms with E-state index < -0.39 is 0 Å². The lowest BCUT2D eigenvalue weighted by atomic mass is 9.85.